The number of nitrogens with zero attached hydrogens (tertiary/aromatic N) is 1. The van der Waals surface area contributed by atoms with E-state index in [9.17, 15) is 8.42 Å². The second-order valence-corrected chi connectivity index (χ2v) is 6.68. The first-order valence-electron chi connectivity index (χ1n) is 6.05. The van der Waals surface area contributed by atoms with Gasteiger partial charge in [-0.15, -0.1) is 0 Å². The van der Waals surface area contributed by atoms with Crippen molar-refractivity contribution in [2.75, 3.05) is 33.0 Å². The van der Waals surface area contributed by atoms with Crippen LogP contribution >= 0.6 is 0 Å². The Hall–Kier alpha value is -1.11. The molecule has 1 rings (SSSR count). The van der Waals surface area contributed by atoms with Crippen molar-refractivity contribution >= 4 is 15.7 Å². The maximum Gasteiger partial charge on any atom is 0.243 e. The van der Waals surface area contributed by atoms with E-state index in [-0.39, 0.29) is 0 Å². The van der Waals surface area contributed by atoms with Crippen LogP contribution in [0.1, 0.15) is 16.7 Å². The molecule has 0 atom stereocenters. The molecule has 5 nitrogen and oxygen atoms in total. The van der Waals surface area contributed by atoms with Crippen molar-refractivity contribution in [1.82, 2.24) is 4.31 Å². The molecule has 108 valence electrons. The van der Waals surface area contributed by atoms with Gasteiger partial charge in [0.25, 0.3) is 0 Å². The van der Waals surface area contributed by atoms with Crippen LogP contribution in [-0.4, -0.2) is 40.0 Å². The number of benzene rings is 1. The van der Waals surface area contributed by atoms with Gasteiger partial charge in [-0.25, -0.2) is 8.42 Å². The van der Waals surface area contributed by atoms with E-state index in [0.717, 1.165) is 5.56 Å². The second kappa shape index (κ2) is 5.90. The van der Waals surface area contributed by atoms with Gasteiger partial charge in [-0.3, -0.25) is 0 Å². The Bertz CT molecular complexity index is 568. The zero-order valence-corrected chi connectivity index (χ0v) is 13.0. The number of ether oxygens (including phenoxy) is 1. The maximum atomic E-state index is 12.6. The lowest BCUT2D eigenvalue weighted by molar-refractivity contribution is 0.185. The predicted molar refractivity (Wildman–Crippen MR) is 76.8 cm³/mol. The van der Waals surface area contributed by atoms with E-state index in [0.29, 0.717) is 34.9 Å². The van der Waals surface area contributed by atoms with Crippen molar-refractivity contribution in [3.8, 4) is 0 Å². The third-order valence-electron chi connectivity index (χ3n) is 3.24. The highest BCUT2D eigenvalue weighted by atomic mass is 32.2. The fraction of sp³-hybridized carbons (Fsp3) is 0.538. The molecule has 2 N–H and O–H groups in total. The van der Waals surface area contributed by atoms with E-state index in [1.54, 1.807) is 34.1 Å². The summed E-state index contributed by atoms with van der Waals surface area (Å²) in [5.74, 6) is 0. The highest BCUT2D eigenvalue weighted by molar-refractivity contribution is 7.89. The van der Waals surface area contributed by atoms with Crippen LogP contribution in [0.2, 0.25) is 0 Å². The number of sulfonamides is 1. The highest BCUT2D eigenvalue weighted by Gasteiger charge is 2.26. The summed E-state index contributed by atoms with van der Waals surface area (Å²) >= 11 is 0. The fourth-order valence-corrected chi connectivity index (χ4v) is 3.66. The average molecular weight is 286 g/mol. The van der Waals surface area contributed by atoms with Crippen molar-refractivity contribution in [2.45, 2.75) is 25.7 Å². The molecular formula is C13H22N2O3S. The second-order valence-electron chi connectivity index (χ2n) is 4.70. The molecular weight excluding hydrogens is 264 g/mol. The van der Waals surface area contributed by atoms with E-state index in [2.05, 4.69) is 0 Å². The number of nitrogens with two attached hydrogens (primary N) is 1. The van der Waals surface area contributed by atoms with Crippen LogP contribution in [0, 0.1) is 20.8 Å². The van der Waals surface area contributed by atoms with Gasteiger partial charge in [0.05, 0.1) is 11.5 Å². The summed E-state index contributed by atoms with van der Waals surface area (Å²) in [6.45, 7) is 6.07. The lowest BCUT2D eigenvalue weighted by Gasteiger charge is -2.21. The molecule has 1 aromatic rings. The van der Waals surface area contributed by atoms with E-state index in [4.69, 9.17) is 10.5 Å². The third kappa shape index (κ3) is 3.08. The Morgan fingerprint density at radius 2 is 1.84 bits per heavy atom. The number of nitrogen functional groups attached to an aromatic ring is 1. The van der Waals surface area contributed by atoms with Crippen LogP contribution < -0.4 is 5.73 Å². The van der Waals surface area contributed by atoms with Gasteiger partial charge in [0, 0.05) is 26.4 Å². The Labute approximate surface area is 115 Å². The molecule has 6 heteroatoms. The van der Waals surface area contributed by atoms with E-state index >= 15 is 0 Å². The molecule has 0 spiro atoms. The zero-order chi connectivity index (χ0) is 14.8. The molecule has 0 bridgehead atoms. The zero-order valence-electron chi connectivity index (χ0n) is 12.1. The van der Waals surface area contributed by atoms with Crippen molar-refractivity contribution in [3.63, 3.8) is 0 Å². The molecule has 0 unspecified atom stereocenters. The molecule has 0 aliphatic rings. The highest BCUT2D eigenvalue weighted by Crippen LogP contribution is 2.29. The first kappa shape index (κ1) is 15.9. The Morgan fingerprint density at radius 3 is 2.37 bits per heavy atom. The van der Waals surface area contributed by atoms with Gasteiger partial charge in [-0.1, -0.05) is 6.07 Å². The van der Waals surface area contributed by atoms with Crippen molar-refractivity contribution in [2.24, 2.45) is 0 Å². The van der Waals surface area contributed by atoms with E-state index < -0.39 is 10.0 Å². The Morgan fingerprint density at radius 1 is 1.26 bits per heavy atom. The number of methoxy groups -OCH3 is 1. The van der Waals surface area contributed by atoms with Gasteiger partial charge in [-0.05, 0) is 37.5 Å². The topological polar surface area (TPSA) is 72.6 Å². The van der Waals surface area contributed by atoms with Crippen LogP contribution in [0.3, 0.4) is 0 Å². The number of rotatable bonds is 5. The van der Waals surface area contributed by atoms with Crippen molar-refractivity contribution in [3.05, 3.63) is 22.8 Å². The van der Waals surface area contributed by atoms with Crippen LogP contribution in [0.15, 0.2) is 11.0 Å². The molecule has 19 heavy (non-hydrogen) atoms. The number of likely N-dealkylation sites (N-methyl/N-ethyl adjacent to an activating group) is 1. The standard InChI is InChI=1S/C13H22N2O3S/c1-9-8-10(2)13(11(3)12(9)14)19(16,17)15(4)6-7-18-5/h8H,6-7,14H2,1-5H3. The summed E-state index contributed by atoms with van der Waals surface area (Å²) in [5.41, 5.74) is 8.70. The fourth-order valence-electron chi connectivity index (χ4n) is 2.07. The normalized spacial score (nSPS) is 12.1. The largest absolute Gasteiger partial charge is 0.398 e. The smallest absolute Gasteiger partial charge is 0.243 e. The monoisotopic (exact) mass is 286 g/mol. The number of hydrogen-bond acceptors (Lipinski definition) is 4. The van der Waals surface area contributed by atoms with Gasteiger partial charge in [0.15, 0.2) is 0 Å². The average Bonchev–Trinajstić information content (AvgIpc) is 2.32. The van der Waals surface area contributed by atoms with Crippen LogP contribution in [-0.2, 0) is 14.8 Å². The number of hydrogen-bond donors (Lipinski definition) is 1. The SMILES string of the molecule is COCCN(C)S(=O)(=O)c1c(C)cc(C)c(N)c1C. The molecule has 0 aromatic heterocycles. The molecule has 0 radical (unpaired) electrons. The molecule has 0 aliphatic heterocycles. The quantitative estimate of drug-likeness (QED) is 0.832. The molecule has 0 saturated heterocycles. The molecule has 0 heterocycles. The first-order valence-corrected chi connectivity index (χ1v) is 7.49. The van der Waals surface area contributed by atoms with Gasteiger partial charge in [0.1, 0.15) is 0 Å². The summed E-state index contributed by atoms with van der Waals surface area (Å²) in [6, 6.07) is 1.80. The van der Waals surface area contributed by atoms with Gasteiger partial charge < -0.3 is 10.5 Å². The van der Waals surface area contributed by atoms with Crippen molar-refractivity contribution < 1.29 is 13.2 Å². The van der Waals surface area contributed by atoms with E-state index in [1.807, 2.05) is 6.92 Å². The van der Waals surface area contributed by atoms with E-state index in [1.165, 1.54) is 4.31 Å². The summed E-state index contributed by atoms with van der Waals surface area (Å²) < 4.78 is 31.3. The first-order chi connectivity index (χ1) is 8.73. The van der Waals surface area contributed by atoms with Crippen LogP contribution in [0.25, 0.3) is 0 Å². The third-order valence-corrected chi connectivity index (χ3v) is 5.39. The molecule has 1 aromatic carbocycles. The van der Waals surface area contributed by atoms with Gasteiger partial charge in [-0.2, -0.15) is 4.31 Å². The summed E-state index contributed by atoms with van der Waals surface area (Å²) in [7, 11) is -0.451. The number of anilines is 1. The molecule has 0 amide bonds. The molecule has 0 saturated carbocycles. The molecule has 0 fully saturated rings. The van der Waals surface area contributed by atoms with Crippen LogP contribution in [0.4, 0.5) is 5.69 Å². The number of aryl methyl sites for hydroxylation is 2. The minimum Gasteiger partial charge on any atom is -0.398 e. The minimum absolute atomic E-state index is 0.300. The lowest BCUT2D eigenvalue weighted by atomic mass is 10.1. The Kier molecular flexibility index (Phi) is 4.95. The predicted octanol–water partition coefficient (Wildman–Crippen LogP) is 1.46. The molecule has 0 aliphatic carbocycles. The van der Waals surface area contributed by atoms with Crippen molar-refractivity contribution in [1.29, 1.82) is 0 Å². The summed E-state index contributed by atoms with van der Waals surface area (Å²) in [4.78, 5) is 0.300. The minimum atomic E-state index is -3.54. The summed E-state index contributed by atoms with van der Waals surface area (Å²) in [6.07, 6.45) is 0. The van der Waals surface area contributed by atoms with Gasteiger partial charge >= 0.3 is 0 Å². The maximum absolute atomic E-state index is 12.6. The van der Waals surface area contributed by atoms with Gasteiger partial charge in [0.2, 0.25) is 10.0 Å². The van der Waals surface area contributed by atoms with Crippen LogP contribution in [0.5, 0.6) is 0 Å². The Balaban J connectivity index is 3.33. The lowest BCUT2D eigenvalue weighted by Crippen LogP contribution is -2.31. The summed E-state index contributed by atoms with van der Waals surface area (Å²) in [5, 5.41) is 0.